The summed E-state index contributed by atoms with van der Waals surface area (Å²) in [6.07, 6.45) is -0.618. The highest BCUT2D eigenvalue weighted by molar-refractivity contribution is 6.14. The zero-order valence-electron chi connectivity index (χ0n) is 13.4. The summed E-state index contributed by atoms with van der Waals surface area (Å²) in [5.41, 5.74) is -0.782. The molecule has 2 aliphatic rings. The van der Waals surface area contributed by atoms with E-state index in [2.05, 4.69) is 9.89 Å². The lowest BCUT2D eigenvalue weighted by molar-refractivity contribution is -0.179. The molecule has 3 amide bonds. The van der Waals surface area contributed by atoms with E-state index < -0.39 is 29.8 Å². The molecule has 1 fully saturated rings. The molecule has 9 heteroatoms. The van der Waals surface area contributed by atoms with E-state index in [0.717, 1.165) is 17.5 Å². The molecule has 1 aromatic rings. The number of halogens is 1. The van der Waals surface area contributed by atoms with Crippen LogP contribution in [0.2, 0.25) is 0 Å². The van der Waals surface area contributed by atoms with E-state index >= 15 is 4.39 Å². The first kappa shape index (κ1) is 16.9. The van der Waals surface area contributed by atoms with E-state index in [9.17, 15) is 14.4 Å². The first-order valence-corrected chi connectivity index (χ1v) is 7.75. The van der Waals surface area contributed by atoms with E-state index in [0.29, 0.717) is 12.1 Å². The third kappa shape index (κ3) is 2.92. The SMILES string of the molecule is CCOC(=O)C1(F)C(=O)NC(=O)NC1ON=C1CCc2ccccc21. The normalized spacial score (nSPS) is 26.6. The van der Waals surface area contributed by atoms with Gasteiger partial charge in [-0.1, -0.05) is 29.4 Å². The molecule has 1 aliphatic carbocycles. The Hall–Kier alpha value is -2.97. The Balaban J connectivity index is 1.86. The van der Waals surface area contributed by atoms with E-state index in [-0.39, 0.29) is 6.61 Å². The van der Waals surface area contributed by atoms with Crippen LogP contribution in [-0.2, 0) is 25.6 Å². The van der Waals surface area contributed by atoms with Crippen LogP contribution in [0.1, 0.15) is 24.5 Å². The van der Waals surface area contributed by atoms with Crippen LogP contribution in [0.4, 0.5) is 9.18 Å². The lowest BCUT2D eigenvalue weighted by Gasteiger charge is -2.32. The summed E-state index contributed by atoms with van der Waals surface area (Å²) >= 11 is 0. The van der Waals surface area contributed by atoms with Gasteiger partial charge in [0.25, 0.3) is 12.1 Å². The minimum Gasteiger partial charge on any atom is -0.463 e. The van der Waals surface area contributed by atoms with E-state index in [1.807, 2.05) is 29.6 Å². The molecular weight excluding hydrogens is 333 g/mol. The molecule has 0 aromatic heterocycles. The zero-order valence-corrected chi connectivity index (χ0v) is 13.4. The summed E-state index contributed by atoms with van der Waals surface area (Å²) in [4.78, 5) is 40.3. The van der Waals surface area contributed by atoms with Crippen molar-refractivity contribution in [2.24, 2.45) is 5.16 Å². The first-order chi connectivity index (χ1) is 12.0. The molecule has 132 valence electrons. The number of carbonyl (C=O) groups is 3. The quantitative estimate of drug-likeness (QED) is 0.475. The first-order valence-electron chi connectivity index (χ1n) is 7.75. The number of oxime groups is 1. The third-order valence-corrected chi connectivity index (χ3v) is 3.98. The number of benzene rings is 1. The predicted molar refractivity (Wildman–Crippen MR) is 83.3 cm³/mol. The maximum atomic E-state index is 15.1. The topological polar surface area (TPSA) is 106 Å². The molecule has 0 bridgehead atoms. The molecule has 1 aliphatic heterocycles. The van der Waals surface area contributed by atoms with Crippen LogP contribution in [0.25, 0.3) is 0 Å². The third-order valence-electron chi connectivity index (χ3n) is 3.98. The number of hydrogen-bond acceptors (Lipinski definition) is 6. The number of urea groups is 1. The average Bonchev–Trinajstić information content (AvgIpc) is 3.00. The van der Waals surface area contributed by atoms with Crippen molar-refractivity contribution in [3.63, 3.8) is 0 Å². The lowest BCUT2D eigenvalue weighted by Crippen LogP contribution is -2.70. The Morgan fingerprint density at radius 1 is 1.36 bits per heavy atom. The lowest BCUT2D eigenvalue weighted by atomic mass is 10.0. The fourth-order valence-corrected chi connectivity index (χ4v) is 2.72. The van der Waals surface area contributed by atoms with Gasteiger partial charge in [-0.15, -0.1) is 0 Å². The van der Waals surface area contributed by atoms with Gasteiger partial charge in [0, 0.05) is 5.56 Å². The molecule has 3 rings (SSSR count). The van der Waals surface area contributed by atoms with Crippen LogP contribution >= 0.6 is 0 Å². The smallest absolute Gasteiger partial charge is 0.360 e. The van der Waals surface area contributed by atoms with Crippen LogP contribution in [-0.4, -0.2) is 42.1 Å². The summed E-state index contributed by atoms with van der Waals surface area (Å²) in [5, 5.41) is 7.61. The molecule has 0 spiro atoms. The van der Waals surface area contributed by atoms with Gasteiger partial charge in [-0.3, -0.25) is 15.4 Å². The summed E-state index contributed by atoms with van der Waals surface area (Å²) in [7, 11) is 0. The van der Waals surface area contributed by atoms with Crippen molar-refractivity contribution >= 4 is 23.6 Å². The molecule has 0 radical (unpaired) electrons. The Bertz CT molecular complexity index is 766. The maximum absolute atomic E-state index is 15.1. The second kappa shape index (κ2) is 6.50. The number of esters is 1. The molecule has 0 saturated carbocycles. The van der Waals surface area contributed by atoms with Crippen LogP contribution < -0.4 is 10.6 Å². The number of imide groups is 1. The summed E-state index contributed by atoms with van der Waals surface area (Å²) in [6, 6.07) is 6.51. The number of ether oxygens (including phenoxy) is 1. The maximum Gasteiger partial charge on any atom is 0.360 e. The van der Waals surface area contributed by atoms with Crippen LogP contribution in [0.15, 0.2) is 29.4 Å². The van der Waals surface area contributed by atoms with Gasteiger partial charge in [0.1, 0.15) is 0 Å². The fourth-order valence-electron chi connectivity index (χ4n) is 2.72. The van der Waals surface area contributed by atoms with E-state index in [1.54, 1.807) is 5.32 Å². The molecule has 2 unspecified atom stereocenters. The standard InChI is InChI=1S/C16H16FN3O5/c1-2-24-14(22)16(17)12(21)18-15(23)19-13(16)25-20-11-8-7-9-5-3-4-6-10(9)11/h3-6,13H,2,7-8H2,1H3,(H2,18,19,21,23). The largest absolute Gasteiger partial charge is 0.463 e. The molecular formula is C16H16FN3O5. The molecule has 1 saturated heterocycles. The number of fused-ring (bicyclic) bond motifs is 1. The number of aryl methyl sites for hydroxylation is 1. The number of nitrogens with one attached hydrogen (secondary N) is 2. The Morgan fingerprint density at radius 3 is 2.88 bits per heavy atom. The van der Waals surface area contributed by atoms with Crippen molar-refractivity contribution in [1.82, 2.24) is 10.6 Å². The predicted octanol–water partition coefficient (Wildman–Crippen LogP) is 0.790. The van der Waals surface area contributed by atoms with Crippen LogP contribution in [0.5, 0.6) is 0 Å². The van der Waals surface area contributed by atoms with Crippen molar-refractivity contribution in [3.8, 4) is 0 Å². The second-order valence-electron chi connectivity index (χ2n) is 5.54. The highest BCUT2D eigenvalue weighted by Gasteiger charge is 2.61. The van der Waals surface area contributed by atoms with Crippen LogP contribution in [0.3, 0.4) is 0 Å². The van der Waals surface area contributed by atoms with Crippen molar-refractivity contribution in [1.29, 1.82) is 0 Å². The fraction of sp³-hybridized carbons (Fsp3) is 0.375. The minimum atomic E-state index is -3.23. The zero-order chi connectivity index (χ0) is 18.0. The van der Waals surface area contributed by atoms with Gasteiger partial charge < -0.3 is 9.57 Å². The van der Waals surface area contributed by atoms with Crippen molar-refractivity contribution < 1.29 is 28.3 Å². The van der Waals surface area contributed by atoms with E-state index in [1.165, 1.54) is 6.92 Å². The number of nitrogens with zero attached hydrogens (tertiary/aromatic N) is 1. The summed E-state index contributed by atoms with van der Waals surface area (Å²) in [6.45, 7) is 1.33. The Kier molecular flexibility index (Phi) is 4.39. The van der Waals surface area contributed by atoms with Gasteiger partial charge in [0.05, 0.1) is 12.3 Å². The minimum absolute atomic E-state index is 0.139. The summed E-state index contributed by atoms with van der Waals surface area (Å²) < 4.78 is 19.7. The average molecular weight is 349 g/mol. The van der Waals surface area contributed by atoms with Gasteiger partial charge >= 0.3 is 17.7 Å². The van der Waals surface area contributed by atoms with Gasteiger partial charge in [-0.25, -0.2) is 14.0 Å². The van der Waals surface area contributed by atoms with Crippen molar-refractivity contribution in [2.45, 2.75) is 31.7 Å². The van der Waals surface area contributed by atoms with Gasteiger partial charge in [0.15, 0.2) is 0 Å². The Labute approximate surface area is 142 Å². The number of carbonyl (C=O) groups excluding carboxylic acids is 3. The molecule has 1 heterocycles. The van der Waals surface area contributed by atoms with E-state index in [4.69, 9.17) is 4.84 Å². The highest BCUT2D eigenvalue weighted by Crippen LogP contribution is 2.26. The highest BCUT2D eigenvalue weighted by atomic mass is 19.1. The molecule has 25 heavy (non-hydrogen) atoms. The number of alkyl halides is 1. The van der Waals surface area contributed by atoms with Gasteiger partial charge in [0.2, 0.25) is 0 Å². The number of amides is 3. The van der Waals surface area contributed by atoms with Gasteiger partial charge in [-0.2, -0.15) is 0 Å². The summed E-state index contributed by atoms with van der Waals surface area (Å²) in [5.74, 6) is -2.91. The Morgan fingerprint density at radius 2 is 2.12 bits per heavy atom. The van der Waals surface area contributed by atoms with Gasteiger partial charge in [-0.05, 0) is 25.3 Å². The van der Waals surface area contributed by atoms with Crippen LogP contribution in [0, 0.1) is 0 Å². The monoisotopic (exact) mass is 349 g/mol. The van der Waals surface area contributed by atoms with Crippen molar-refractivity contribution in [2.75, 3.05) is 6.61 Å². The van der Waals surface area contributed by atoms with Crippen molar-refractivity contribution in [3.05, 3.63) is 35.4 Å². The molecule has 8 nitrogen and oxygen atoms in total. The molecule has 2 atom stereocenters. The molecule has 2 N–H and O–H groups in total. The molecule has 1 aromatic carbocycles. The number of rotatable bonds is 4. The number of hydrogen-bond donors (Lipinski definition) is 2. The second-order valence-corrected chi connectivity index (χ2v) is 5.54.